The third-order valence-electron chi connectivity index (χ3n) is 3.44. The van der Waals surface area contributed by atoms with Crippen LogP contribution in [0.4, 0.5) is 0 Å². The third kappa shape index (κ3) is 3.94. The number of carbonyl (C=O) groups is 2. The highest BCUT2D eigenvalue weighted by Crippen LogP contribution is 2.24. The predicted octanol–water partition coefficient (Wildman–Crippen LogP) is 1.42. The van der Waals surface area contributed by atoms with Gasteiger partial charge >= 0.3 is 0 Å². The number of amides is 2. The SMILES string of the molecule is O=C(NC1CC1)c1ccc(-c2nc(C(=O)NCCO)cs2)cc1. The van der Waals surface area contributed by atoms with E-state index in [1.54, 1.807) is 17.5 Å². The number of aliphatic hydroxyl groups excluding tert-OH is 1. The van der Waals surface area contributed by atoms with Crippen molar-refractivity contribution >= 4 is 23.2 Å². The van der Waals surface area contributed by atoms with E-state index in [0.717, 1.165) is 18.4 Å². The molecule has 1 aliphatic rings. The van der Waals surface area contributed by atoms with Crippen LogP contribution in [0, 0.1) is 0 Å². The minimum atomic E-state index is -0.304. The van der Waals surface area contributed by atoms with Gasteiger partial charge < -0.3 is 15.7 Å². The second-order valence-corrected chi connectivity index (χ2v) is 6.20. The zero-order valence-electron chi connectivity index (χ0n) is 12.4. The maximum atomic E-state index is 11.9. The quantitative estimate of drug-likeness (QED) is 0.747. The molecule has 7 heteroatoms. The Morgan fingerprint density at radius 3 is 2.61 bits per heavy atom. The van der Waals surface area contributed by atoms with Crippen LogP contribution in [0.5, 0.6) is 0 Å². The van der Waals surface area contributed by atoms with E-state index in [-0.39, 0.29) is 25.0 Å². The fourth-order valence-corrected chi connectivity index (χ4v) is 2.84. The summed E-state index contributed by atoms with van der Waals surface area (Å²) in [6.07, 6.45) is 2.12. The normalized spacial score (nSPS) is 13.6. The van der Waals surface area contributed by atoms with Gasteiger partial charge in [0, 0.05) is 29.1 Å². The molecule has 1 aromatic heterocycles. The van der Waals surface area contributed by atoms with Gasteiger partial charge in [-0.05, 0) is 25.0 Å². The molecule has 0 spiro atoms. The third-order valence-corrected chi connectivity index (χ3v) is 4.33. The van der Waals surface area contributed by atoms with E-state index >= 15 is 0 Å². The summed E-state index contributed by atoms with van der Waals surface area (Å²) >= 11 is 1.36. The van der Waals surface area contributed by atoms with Crippen LogP contribution in [0.2, 0.25) is 0 Å². The summed E-state index contributed by atoms with van der Waals surface area (Å²) in [5.74, 6) is -0.357. The van der Waals surface area contributed by atoms with Crippen LogP contribution in [-0.4, -0.2) is 41.1 Å². The molecule has 2 aromatic rings. The van der Waals surface area contributed by atoms with E-state index < -0.39 is 0 Å². The molecule has 3 N–H and O–H groups in total. The summed E-state index contributed by atoms with van der Waals surface area (Å²) in [6.45, 7) is 0.101. The zero-order chi connectivity index (χ0) is 16.2. The van der Waals surface area contributed by atoms with E-state index in [9.17, 15) is 9.59 Å². The number of nitrogens with one attached hydrogen (secondary N) is 2. The first-order valence-electron chi connectivity index (χ1n) is 7.43. The van der Waals surface area contributed by atoms with Crippen LogP contribution in [0.25, 0.3) is 10.6 Å². The molecule has 0 atom stereocenters. The molecule has 6 nitrogen and oxygen atoms in total. The summed E-state index contributed by atoms with van der Waals surface area (Å²) in [4.78, 5) is 28.0. The van der Waals surface area contributed by atoms with Crippen molar-refractivity contribution in [3.63, 3.8) is 0 Å². The summed E-state index contributed by atoms with van der Waals surface area (Å²) in [6, 6.07) is 7.52. The van der Waals surface area contributed by atoms with Gasteiger partial charge in [-0.3, -0.25) is 9.59 Å². The Morgan fingerprint density at radius 1 is 1.22 bits per heavy atom. The molecule has 3 rings (SSSR count). The van der Waals surface area contributed by atoms with Crippen molar-refractivity contribution in [2.24, 2.45) is 0 Å². The van der Waals surface area contributed by atoms with Crippen molar-refractivity contribution in [2.45, 2.75) is 18.9 Å². The molecule has 2 amide bonds. The minimum Gasteiger partial charge on any atom is -0.395 e. The Labute approximate surface area is 137 Å². The molecule has 23 heavy (non-hydrogen) atoms. The van der Waals surface area contributed by atoms with Crippen LogP contribution >= 0.6 is 11.3 Å². The van der Waals surface area contributed by atoms with Crippen molar-refractivity contribution in [3.8, 4) is 10.6 Å². The molecule has 0 radical (unpaired) electrons. The Hall–Kier alpha value is -2.25. The Balaban J connectivity index is 1.68. The van der Waals surface area contributed by atoms with Gasteiger partial charge in [0.1, 0.15) is 10.7 Å². The van der Waals surface area contributed by atoms with Gasteiger partial charge in [-0.15, -0.1) is 11.3 Å². The number of nitrogens with zero attached hydrogens (tertiary/aromatic N) is 1. The van der Waals surface area contributed by atoms with Gasteiger partial charge in [-0.1, -0.05) is 12.1 Å². The lowest BCUT2D eigenvalue weighted by Gasteiger charge is -2.03. The molecule has 1 fully saturated rings. The highest BCUT2D eigenvalue weighted by molar-refractivity contribution is 7.13. The molecule has 1 heterocycles. The van der Waals surface area contributed by atoms with Gasteiger partial charge in [0.2, 0.25) is 0 Å². The first-order chi connectivity index (χ1) is 11.2. The molecule has 120 valence electrons. The molecule has 1 aliphatic carbocycles. The van der Waals surface area contributed by atoms with Crippen LogP contribution < -0.4 is 10.6 Å². The number of hydrogen-bond acceptors (Lipinski definition) is 5. The maximum absolute atomic E-state index is 11.9. The molecule has 1 saturated carbocycles. The largest absolute Gasteiger partial charge is 0.395 e. The highest BCUT2D eigenvalue weighted by atomic mass is 32.1. The first kappa shape index (κ1) is 15.6. The number of carbonyl (C=O) groups excluding carboxylic acids is 2. The lowest BCUT2D eigenvalue weighted by Crippen LogP contribution is -2.26. The number of thiazole rings is 1. The van der Waals surface area contributed by atoms with E-state index in [1.807, 2.05) is 12.1 Å². The lowest BCUT2D eigenvalue weighted by atomic mass is 10.1. The average molecular weight is 331 g/mol. The number of aromatic nitrogens is 1. The molecule has 0 aliphatic heterocycles. The Kier molecular flexibility index (Phi) is 4.68. The maximum Gasteiger partial charge on any atom is 0.270 e. The molecule has 0 bridgehead atoms. The van der Waals surface area contributed by atoms with E-state index in [2.05, 4.69) is 15.6 Å². The van der Waals surface area contributed by atoms with E-state index in [0.29, 0.717) is 22.3 Å². The molecular weight excluding hydrogens is 314 g/mol. The fraction of sp³-hybridized carbons (Fsp3) is 0.312. The second-order valence-electron chi connectivity index (χ2n) is 5.34. The van der Waals surface area contributed by atoms with Crippen molar-refractivity contribution in [1.82, 2.24) is 15.6 Å². The molecule has 0 unspecified atom stereocenters. The van der Waals surface area contributed by atoms with Gasteiger partial charge in [0.15, 0.2) is 0 Å². The van der Waals surface area contributed by atoms with E-state index in [1.165, 1.54) is 11.3 Å². The van der Waals surface area contributed by atoms with Crippen LogP contribution in [-0.2, 0) is 0 Å². The van der Waals surface area contributed by atoms with Crippen LogP contribution in [0.15, 0.2) is 29.6 Å². The van der Waals surface area contributed by atoms with Gasteiger partial charge in [0.25, 0.3) is 11.8 Å². The van der Waals surface area contributed by atoms with Crippen molar-refractivity contribution in [3.05, 3.63) is 40.9 Å². The van der Waals surface area contributed by atoms with Gasteiger partial charge in [0.05, 0.1) is 6.61 Å². The fourth-order valence-electron chi connectivity index (χ4n) is 2.03. The summed E-state index contributed by atoms with van der Waals surface area (Å²) in [7, 11) is 0. The smallest absolute Gasteiger partial charge is 0.270 e. The average Bonchev–Trinajstić information content (AvgIpc) is 3.24. The van der Waals surface area contributed by atoms with Crippen molar-refractivity contribution in [1.29, 1.82) is 0 Å². The monoisotopic (exact) mass is 331 g/mol. The minimum absolute atomic E-state index is 0.0535. The number of hydrogen-bond donors (Lipinski definition) is 3. The van der Waals surface area contributed by atoms with Crippen molar-refractivity contribution < 1.29 is 14.7 Å². The number of rotatable bonds is 6. The Morgan fingerprint density at radius 2 is 1.96 bits per heavy atom. The zero-order valence-corrected chi connectivity index (χ0v) is 13.2. The first-order valence-corrected chi connectivity index (χ1v) is 8.31. The van der Waals surface area contributed by atoms with E-state index in [4.69, 9.17) is 5.11 Å². The lowest BCUT2D eigenvalue weighted by molar-refractivity contribution is 0.0936. The topological polar surface area (TPSA) is 91.3 Å². The van der Waals surface area contributed by atoms with Gasteiger partial charge in [-0.2, -0.15) is 0 Å². The van der Waals surface area contributed by atoms with Gasteiger partial charge in [-0.25, -0.2) is 4.98 Å². The predicted molar refractivity (Wildman–Crippen MR) is 87.5 cm³/mol. The number of benzene rings is 1. The highest BCUT2D eigenvalue weighted by Gasteiger charge is 2.23. The summed E-state index contributed by atoms with van der Waals surface area (Å²) in [5, 5.41) is 16.6. The summed E-state index contributed by atoms with van der Waals surface area (Å²) < 4.78 is 0. The standard InChI is InChI=1S/C16H17N3O3S/c20-8-7-17-15(22)13-9-23-16(19-13)11-3-1-10(2-4-11)14(21)18-12-5-6-12/h1-4,9,12,20H,5-8H2,(H,17,22)(H,18,21). The molecule has 1 aromatic carbocycles. The molecule has 0 saturated heterocycles. The van der Waals surface area contributed by atoms with Crippen LogP contribution in [0.1, 0.15) is 33.7 Å². The number of aliphatic hydroxyl groups is 1. The Bertz CT molecular complexity index is 708. The van der Waals surface area contributed by atoms with Crippen LogP contribution in [0.3, 0.4) is 0 Å². The summed E-state index contributed by atoms with van der Waals surface area (Å²) in [5.41, 5.74) is 1.81. The molecular formula is C16H17N3O3S. The van der Waals surface area contributed by atoms with Crippen molar-refractivity contribution in [2.75, 3.05) is 13.2 Å². The second kappa shape index (κ2) is 6.89.